The minimum Gasteiger partial charge on any atom is -0.369 e. The quantitative estimate of drug-likeness (QED) is 0.780. The van der Waals surface area contributed by atoms with Gasteiger partial charge in [-0.15, -0.1) is 0 Å². The van der Waals surface area contributed by atoms with Gasteiger partial charge in [0.2, 0.25) is 17.7 Å². The molecule has 3 aliphatic rings. The number of carbonyl (C=O) groups excluding carboxylic acids is 2. The van der Waals surface area contributed by atoms with Crippen LogP contribution in [0, 0.1) is 28.1 Å². The number of nitrogens with one attached hydrogen (secondary N) is 1. The van der Waals surface area contributed by atoms with E-state index in [0.717, 1.165) is 26.2 Å². The largest absolute Gasteiger partial charge is 0.369 e. The van der Waals surface area contributed by atoms with Crippen LogP contribution in [0.5, 0.6) is 0 Å². The van der Waals surface area contributed by atoms with Crippen molar-refractivity contribution in [3.8, 4) is 6.07 Å². The van der Waals surface area contributed by atoms with E-state index in [2.05, 4.69) is 5.32 Å². The summed E-state index contributed by atoms with van der Waals surface area (Å²) in [4.78, 5) is 24.8. The maximum atomic E-state index is 13.7. The summed E-state index contributed by atoms with van der Waals surface area (Å²) in [5.74, 6) is -5.55. The first kappa shape index (κ1) is 16.2. The topological polar surface area (TPSA) is 96.0 Å². The minimum atomic E-state index is -3.08. The van der Waals surface area contributed by atoms with Crippen LogP contribution in [-0.4, -0.2) is 23.3 Å². The maximum Gasteiger partial charge on any atom is 0.246 e. The fourth-order valence-corrected chi connectivity index (χ4v) is 4.29. The number of hydrogen-bond donors (Lipinski definition) is 2. The third kappa shape index (κ3) is 2.39. The molecule has 0 aromatic rings. The molecule has 2 amide bonds. The molecule has 5 nitrogen and oxygen atoms in total. The number of halogens is 2. The molecular weight excluding hydrogens is 304 g/mol. The van der Waals surface area contributed by atoms with Crippen molar-refractivity contribution in [2.45, 2.75) is 63.3 Å². The molecule has 0 heterocycles. The van der Waals surface area contributed by atoms with Gasteiger partial charge in [-0.25, -0.2) is 8.78 Å². The monoisotopic (exact) mass is 325 g/mol. The number of rotatable bonds is 6. The molecule has 0 aromatic carbocycles. The summed E-state index contributed by atoms with van der Waals surface area (Å²) in [5.41, 5.74) is 3.05. The van der Waals surface area contributed by atoms with Crippen LogP contribution < -0.4 is 11.1 Å². The zero-order valence-electron chi connectivity index (χ0n) is 13.1. The van der Waals surface area contributed by atoms with E-state index in [1.807, 2.05) is 6.07 Å². The Morgan fingerprint density at radius 3 is 2.26 bits per heavy atom. The Bertz CT molecular complexity index is 599. The molecule has 3 aliphatic carbocycles. The predicted octanol–water partition coefficient (Wildman–Crippen LogP) is 1.87. The number of hydrogen-bond acceptors (Lipinski definition) is 3. The van der Waals surface area contributed by atoms with Gasteiger partial charge >= 0.3 is 0 Å². The summed E-state index contributed by atoms with van der Waals surface area (Å²) in [6, 6.07) is 2.02. The van der Waals surface area contributed by atoms with Gasteiger partial charge in [-0.2, -0.15) is 5.26 Å². The lowest BCUT2D eigenvalue weighted by molar-refractivity contribution is -0.142. The van der Waals surface area contributed by atoms with Crippen molar-refractivity contribution in [1.29, 1.82) is 5.26 Å². The molecule has 7 heteroatoms. The molecule has 0 aliphatic heterocycles. The van der Waals surface area contributed by atoms with E-state index in [-0.39, 0.29) is 5.41 Å². The molecule has 3 saturated carbocycles. The van der Waals surface area contributed by atoms with Gasteiger partial charge in [0.15, 0.2) is 0 Å². The number of nitrogens with zero attached hydrogens (tertiary/aromatic N) is 1. The van der Waals surface area contributed by atoms with Gasteiger partial charge in [0, 0.05) is 6.42 Å². The van der Waals surface area contributed by atoms with Crippen LogP contribution >= 0.6 is 0 Å². The number of alkyl halides is 2. The van der Waals surface area contributed by atoms with Crippen LogP contribution in [0.2, 0.25) is 0 Å². The normalized spacial score (nSPS) is 30.7. The summed E-state index contributed by atoms with van der Waals surface area (Å²) in [6.45, 7) is 0.745. The van der Waals surface area contributed by atoms with Gasteiger partial charge in [0.1, 0.15) is 5.54 Å². The average Bonchev–Trinajstić information content (AvgIpc) is 3.27. The Morgan fingerprint density at radius 1 is 1.35 bits per heavy atom. The van der Waals surface area contributed by atoms with E-state index in [9.17, 15) is 18.4 Å². The molecule has 0 saturated heterocycles. The van der Waals surface area contributed by atoms with Crippen molar-refractivity contribution >= 4 is 11.8 Å². The van der Waals surface area contributed by atoms with Gasteiger partial charge in [-0.05, 0) is 44.4 Å². The SMILES string of the molecule is CC(F)(F)C[C@H](C(=O)NC1(C#N)CC1)C1(C(N)=O)CC12CCC2. The van der Waals surface area contributed by atoms with Crippen molar-refractivity contribution in [2.75, 3.05) is 0 Å². The number of nitriles is 1. The molecule has 3 fully saturated rings. The van der Waals surface area contributed by atoms with E-state index in [4.69, 9.17) is 11.0 Å². The summed E-state index contributed by atoms with van der Waals surface area (Å²) >= 11 is 0. The lowest BCUT2D eigenvalue weighted by Gasteiger charge is -2.36. The molecule has 23 heavy (non-hydrogen) atoms. The van der Waals surface area contributed by atoms with Crippen molar-refractivity contribution in [3.63, 3.8) is 0 Å². The second-order valence-electron chi connectivity index (χ2n) is 7.66. The molecule has 3 N–H and O–H groups in total. The van der Waals surface area contributed by atoms with Crippen molar-refractivity contribution < 1.29 is 18.4 Å². The van der Waals surface area contributed by atoms with E-state index >= 15 is 0 Å². The number of carbonyl (C=O) groups is 2. The highest BCUT2D eigenvalue weighted by atomic mass is 19.3. The summed E-state index contributed by atoms with van der Waals surface area (Å²) in [5, 5.41) is 11.7. The first-order valence-electron chi connectivity index (χ1n) is 8.01. The zero-order chi connectivity index (χ0) is 17.1. The highest BCUT2D eigenvalue weighted by molar-refractivity contribution is 5.94. The maximum absolute atomic E-state index is 13.7. The Balaban J connectivity index is 1.88. The predicted molar refractivity (Wildman–Crippen MR) is 77.0 cm³/mol. The lowest BCUT2D eigenvalue weighted by atomic mass is 9.68. The van der Waals surface area contributed by atoms with Gasteiger partial charge in [-0.1, -0.05) is 6.42 Å². The van der Waals surface area contributed by atoms with E-state index < -0.39 is 41.0 Å². The second-order valence-corrected chi connectivity index (χ2v) is 7.66. The Morgan fingerprint density at radius 2 is 1.96 bits per heavy atom. The van der Waals surface area contributed by atoms with Crippen LogP contribution in [0.3, 0.4) is 0 Å². The standard InChI is InChI=1S/C16H21F2N3O2/c1-13(17,18)7-10(11(22)21-15(9-19)5-6-15)16(12(20)23)8-14(16)3-2-4-14/h10H,2-8H2,1H3,(H2,20,23)(H,21,22)/t10-,16?/m1/s1. The fraction of sp³-hybridized carbons (Fsp3) is 0.812. The summed E-state index contributed by atoms with van der Waals surface area (Å²) < 4.78 is 27.3. The fourth-order valence-electron chi connectivity index (χ4n) is 4.29. The first-order chi connectivity index (χ1) is 10.6. The van der Waals surface area contributed by atoms with Crippen LogP contribution in [-0.2, 0) is 9.59 Å². The molecule has 1 unspecified atom stereocenters. The van der Waals surface area contributed by atoms with E-state index in [1.165, 1.54) is 0 Å². The second kappa shape index (κ2) is 4.65. The molecular formula is C16H21F2N3O2. The van der Waals surface area contributed by atoms with Crippen molar-refractivity contribution in [2.24, 2.45) is 22.5 Å². The van der Waals surface area contributed by atoms with Gasteiger partial charge < -0.3 is 11.1 Å². The van der Waals surface area contributed by atoms with Gasteiger partial charge in [0.05, 0.1) is 17.4 Å². The van der Waals surface area contributed by atoms with Crippen LogP contribution in [0.1, 0.15) is 51.9 Å². The average molecular weight is 325 g/mol. The van der Waals surface area contributed by atoms with E-state index in [0.29, 0.717) is 19.3 Å². The molecule has 126 valence electrons. The van der Waals surface area contributed by atoms with Crippen LogP contribution in [0.15, 0.2) is 0 Å². The highest BCUT2D eigenvalue weighted by Gasteiger charge is 2.77. The summed E-state index contributed by atoms with van der Waals surface area (Å²) in [6.07, 6.45) is 3.14. The molecule has 0 radical (unpaired) electrons. The third-order valence-corrected chi connectivity index (χ3v) is 5.99. The Labute approximate surface area is 133 Å². The zero-order valence-corrected chi connectivity index (χ0v) is 13.1. The third-order valence-electron chi connectivity index (χ3n) is 5.99. The van der Waals surface area contributed by atoms with Crippen LogP contribution in [0.4, 0.5) is 8.78 Å². The number of nitrogens with two attached hydrogens (primary N) is 1. The molecule has 0 bridgehead atoms. The van der Waals surface area contributed by atoms with Gasteiger partial charge in [0.25, 0.3) is 0 Å². The van der Waals surface area contributed by atoms with Crippen molar-refractivity contribution in [3.05, 3.63) is 0 Å². The molecule has 1 spiro atoms. The van der Waals surface area contributed by atoms with Crippen LogP contribution in [0.25, 0.3) is 0 Å². The number of primary amides is 1. The number of amides is 2. The van der Waals surface area contributed by atoms with Gasteiger partial charge in [-0.3, -0.25) is 9.59 Å². The molecule has 3 rings (SSSR count). The summed E-state index contributed by atoms with van der Waals surface area (Å²) in [7, 11) is 0. The van der Waals surface area contributed by atoms with E-state index in [1.54, 1.807) is 0 Å². The lowest BCUT2D eigenvalue weighted by Crippen LogP contribution is -2.50. The Hall–Kier alpha value is -1.71. The molecule has 0 aromatic heterocycles. The Kier molecular flexibility index (Phi) is 3.27. The first-order valence-corrected chi connectivity index (χ1v) is 8.01. The smallest absolute Gasteiger partial charge is 0.246 e. The molecule has 2 atom stereocenters. The van der Waals surface area contributed by atoms with Crippen molar-refractivity contribution in [1.82, 2.24) is 5.32 Å². The highest BCUT2D eigenvalue weighted by Crippen LogP contribution is 2.77. The minimum absolute atomic E-state index is 0.380.